The Balaban J connectivity index is 3.44. The van der Waals surface area contributed by atoms with Crippen LogP contribution in [-0.4, -0.2) is 18.9 Å². The number of unbranched alkanes of at least 4 members (excludes halogenated alkanes) is 9. The smallest absolute Gasteiger partial charge is 0.305 e. The lowest BCUT2D eigenvalue weighted by Gasteiger charge is -2.05. The maximum Gasteiger partial charge on any atom is 0.305 e. The van der Waals surface area contributed by atoms with Gasteiger partial charge in [0, 0.05) is 12.8 Å². The van der Waals surface area contributed by atoms with Crippen LogP contribution in [0.1, 0.15) is 96.8 Å². The molecular formula is C20H36O3. The van der Waals surface area contributed by atoms with E-state index in [1.165, 1.54) is 39.2 Å². The highest BCUT2D eigenvalue weighted by Gasteiger charge is 2.06. The van der Waals surface area contributed by atoms with Gasteiger partial charge >= 0.3 is 5.97 Å². The first-order valence-corrected chi connectivity index (χ1v) is 9.39. The SMILES string of the molecule is C=C(CCCCCCCC)C(=O)CCCCCCCC(=O)OC. The van der Waals surface area contributed by atoms with Gasteiger partial charge in [0.1, 0.15) is 0 Å². The summed E-state index contributed by atoms with van der Waals surface area (Å²) >= 11 is 0. The van der Waals surface area contributed by atoms with Gasteiger partial charge in [-0.15, -0.1) is 0 Å². The van der Waals surface area contributed by atoms with E-state index >= 15 is 0 Å². The number of ketones is 1. The lowest BCUT2D eigenvalue weighted by atomic mass is 9.99. The van der Waals surface area contributed by atoms with Crippen molar-refractivity contribution in [2.45, 2.75) is 96.8 Å². The zero-order valence-corrected chi connectivity index (χ0v) is 15.3. The summed E-state index contributed by atoms with van der Waals surface area (Å²) < 4.78 is 4.60. The molecule has 0 atom stereocenters. The maximum absolute atomic E-state index is 12.0. The molecule has 0 unspecified atom stereocenters. The van der Waals surface area contributed by atoms with Gasteiger partial charge < -0.3 is 4.74 Å². The minimum absolute atomic E-state index is 0.133. The molecule has 0 aliphatic carbocycles. The highest BCUT2D eigenvalue weighted by molar-refractivity contribution is 5.94. The van der Waals surface area contributed by atoms with Crippen molar-refractivity contribution in [1.29, 1.82) is 0 Å². The van der Waals surface area contributed by atoms with Crippen LogP contribution in [0.5, 0.6) is 0 Å². The fraction of sp³-hybridized carbons (Fsp3) is 0.800. The average Bonchev–Trinajstić information content (AvgIpc) is 2.56. The van der Waals surface area contributed by atoms with Gasteiger partial charge in [-0.2, -0.15) is 0 Å². The second-order valence-corrected chi connectivity index (χ2v) is 6.39. The van der Waals surface area contributed by atoms with Crippen LogP contribution in [0.3, 0.4) is 0 Å². The molecule has 3 nitrogen and oxygen atoms in total. The molecule has 0 aromatic carbocycles. The molecule has 0 aromatic rings. The normalized spacial score (nSPS) is 10.5. The molecule has 0 saturated carbocycles. The Hall–Kier alpha value is -1.12. The average molecular weight is 325 g/mol. The summed E-state index contributed by atoms with van der Waals surface area (Å²) in [6.45, 7) is 6.17. The number of ether oxygens (including phenoxy) is 1. The van der Waals surface area contributed by atoms with E-state index in [0.717, 1.165) is 50.5 Å². The lowest BCUT2D eigenvalue weighted by Crippen LogP contribution is -2.02. The molecule has 23 heavy (non-hydrogen) atoms. The first-order chi connectivity index (χ1) is 11.1. The van der Waals surface area contributed by atoms with Gasteiger partial charge in [-0.25, -0.2) is 0 Å². The predicted octanol–water partition coefficient (Wildman–Crippen LogP) is 5.77. The molecule has 0 bridgehead atoms. The summed E-state index contributed by atoms with van der Waals surface area (Å²) in [5, 5.41) is 0. The highest BCUT2D eigenvalue weighted by atomic mass is 16.5. The molecule has 0 aliphatic heterocycles. The molecule has 3 heteroatoms. The Morgan fingerprint density at radius 1 is 0.739 bits per heavy atom. The second kappa shape index (κ2) is 15.8. The Bertz CT molecular complexity index is 334. The third-order valence-electron chi connectivity index (χ3n) is 4.24. The summed E-state index contributed by atoms with van der Waals surface area (Å²) in [6, 6.07) is 0. The van der Waals surface area contributed by atoms with Crippen molar-refractivity contribution in [3.8, 4) is 0 Å². The molecule has 0 aromatic heterocycles. The number of esters is 1. The standard InChI is InChI=1S/C20H36O3/c1-4-5-6-7-9-12-15-18(2)19(21)16-13-10-8-11-14-17-20(22)23-3/h2,4-17H2,1,3H3. The van der Waals surface area contributed by atoms with Gasteiger partial charge in [0.2, 0.25) is 0 Å². The number of rotatable bonds is 16. The zero-order valence-electron chi connectivity index (χ0n) is 15.3. The summed E-state index contributed by atoms with van der Waals surface area (Å²) in [4.78, 5) is 22.9. The predicted molar refractivity (Wildman–Crippen MR) is 96.5 cm³/mol. The number of carbonyl (C=O) groups is 2. The molecule has 0 amide bonds. The Morgan fingerprint density at radius 3 is 1.78 bits per heavy atom. The molecule has 0 radical (unpaired) electrons. The number of hydrogen-bond acceptors (Lipinski definition) is 3. The van der Waals surface area contributed by atoms with Gasteiger partial charge in [-0.1, -0.05) is 64.9 Å². The van der Waals surface area contributed by atoms with Crippen molar-refractivity contribution in [1.82, 2.24) is 0 Å². The van der Waals surface area contributed by atoms with Gasteiger partial charge in [-0.3, -0.25) is 9.59 Å². The van der Waals surface area contributed by atoms with Gasteiger partial charge in [0.05, 0.1) is 7.11 Å². The van der Waals surface area contributed by atoms with E-state index in [0.29, 0.717) is 12.8 Å². The molecule has 0 spiro atoms. The first-order valence-electron chi connectivity index (χ1n) is 9.39. The largest absolute Gasteiger partial charge is 0.469 e. The van der Waals surface area contributed by atoms with Gasteiger partial charge in [0.15, 0.2) is 5.78 Å². The third kappa shape index (κ3) is 14.2. The van der Waals surface area contributed by atoms with Gasteiger partial charge in [-0.05, 0) is 31.3 Å². The van der Waals surface area contributed by atoms with Crippen molar-refractivity contribution in [2.24, 2.45) is 0 Å². The van der Waals surface area contributed by atoms with Crippen molar-refractivity contribution < 1.29 is 14.3 Å². The third-order valence-corrected chi connectivity index (χ3v) is 4.24. The number of methoxy groups -OCH3 is 1. The van der Waals surface area contributed by atoms with E-state index in [1.54, 1.807) is 0 Å². The fourth-order valence-corrected chi connectivity index (χ4v) is 2.62. The van der Waals surface area contributed by atoms with E-state index < -0.39 is 0 Å². The topological polar surface area (TPSA) is 43.4 Å². The van der Waals surface area contributed by atoms with Crippen LogP contribution in [0.15, 0.2) is 12.2 Å². The Morgan fingerprint density at radius 2 is 1.22 bits per heavy atom. The van der Waals surface area contributed by atoms with Crippen LogP contribution in [0.25, 0.3) is 0 Å². The molecule has 0 fully saturated rings. The Kier molecular flexibility index (Phi) is 15.0. The molecule has 0 rings (SSSR count). The lowest BCUT2D eigenvalue weighted by molar-refractivity contribution is -0.140. The number of carbonyl (C=O) groups excluding carboxylic acids is 2. The monoisotopic (exact) mass is 324 g/mol. The van der Waals surface area contributed by atoms with E-state index in [1.807, 2.05) is 0 Å². The molecule has 0 saturated heterocycles. The fourth-order valence-electron chi connectivity index (χ4n) is 2.62. The van der Waals surface area contributed by atoms with E-state index in [4.69, 9.17) is 0 Å². The van der Waals surface area contributed by atoms with Crippen molar-refractivity contribution >= 4 is 11.8 Å². The number of Topliss-reactive ketones (excluding diaryl/α,β-unsaturated/α-hetero) is 1. The molecule has 134 valence electrons. The number of allylic oxidation sites excluding steroid dienone is 1. The van der Waals surface area contributed by atoms with Crippen molar-refractivity contribution in [3.05, 3.63) is 12.2 Å². The second-order valence-electron chi connectivity index (χ2n) is 6.39. The molecule has 0 heterocycles. The summed E-state index contributed by atoms with van der Waals surface area (Å²) in [6.07, 6.45) is 14.5. The summed E-state index contributed by atoms with van der Waals surface area (Å²) in [7, 11) is 1.42. The summed E-state index contributed by atoms with van der Waals surface area (Å²) in [5.74, 6) is 0.110. The Labute approximate surface area is 142 Å². The van der Waals surface area contributed by atoms with Crippen LogP contribution in [0.4, 0.5) is 0 Å². The van der Waals surface area contributed by atoms with E-state index in [-0.39, 0.29) is 11.8 Å². The minimum Gasteiger partial charge on any atom is -0.469 e. The zero-order chi connectivity index (χ0) is 17.3. The minimum atomic E-state index is -0.133. The molecule has 0 aliphatic rings. The molecular weight excluding hydrogens is 288 g/mol. The maximum atomic E-state index is 12.0. The van der Waals surface area contributed by atoms with Crippen LogP contribution < -0.4 is 0 Å². The number of hydrogen-bond donors (Lipinski definition) is 0. The van der Waals surface area contributed by atoms with Crippen LogP contribution in [0, 0.1) is 0 Å². The summed E-state index contributed by atoms with van der Waals surface area (Å²) in [5.41, 5.74) is 0.811. The van der Waals surface area contributed by atoms with Crippen LogP contribution in [0.2, 0.25) is 0 Å². The quantitative estimate of drug-likeness (QED) is 0.206. The van der Waals surface area contributed by atoms with E-state index in [2.05, 4.69) is 18.2 Å². The van der Waals surface area contributed by atoms with Crippen LogP contribution in [-0.2, 0) is 14.3 Å². The molecule has 0 N–H and O–H groups in total. The first kappa shape index (κ1) is 21.9. The van der Waals surface area contributed by atoms with Gasteiger partial charge in [0.25, 0.3) is 0 Å². The van der Waals surface area contributed by atoms with E-state index in [9.17, 15) is 9.59 Å². The van der Waals surface area contributed by atoms with Crippen LogP contribution >= 0.6 is 0 Å². The van der Waals surface area contributed by atoms with Crippen molar-refractivity contribution in [3.63, 3.8) is 0 Å². The van der Waals surface area contributed by atoms with Crippen molar-refractivity contribution in [2.75, 3.05) is 7.11 Å². The highest BCUT2D eigenvalue weighted by Crippen LogP contribution is 2.14.